The predicted molar refractivity (Wildman–Crippen MR) is 80.3 cm³/mol. The van der Waals surface area contributed by atoms with Gasteiger partial charge in [-0.15, -0.1) is 0 Å². The molecule has 0 aliphatic carbocycles. The first-order valence-corrected chi connectivity index (χ1v) is 7.76. The molecule has 1 heterocycles. The zero-order valence-electron chi connectivity index (χ0n) is 11.3. The summed E-state index contributed by atoms with van der Waals surface area (Å²) < 4.78 is 0. The highest BCUT2D eigenvalue weighted by Crippen LogP contribution is 2.26. The molecule has 20 heavy (non-hydrogen) atoms. The highest BCUT2D eigenvalue weighted by atomic mass is 79.9. The zero-order valence-corrected chi connectivity index (χ0v) is 12.9. The Labute approximate surface area is 126 Å². The summed E-state index contributed by atoms with van der Waals surface area (Å²) in [4.78, 5) is 24.9. The van der Waals surface area contributed by atoms with Gasteiger partial charge in [0.2, 0.25) is 0 Å². The summed E-state index contributed by atoms with van der Waals surface area (Å²) in [6.07, 6.45) is 1.88. The lowest BCUT2D eigenvalue weighted by Crippen LogP contribution is -2.39. The summed E-state index contributed by atoms with van der Waals surface area (Å²) in [7, 11) is 0. The van der Waals surface area contributed by atoms with Crippen molar-refractivity contribution in [3.8, 4) is 0 Å². The van der Waals surface area contributed by atoms with Crippen molar-refractivity contribution in [1.29, 1.82) is 0 Å². The van der Waals surface area contributed by atoms with E-state index in [1.807, 2.05) is 0 Å². The largest absolute Gasteiger partial charge is 0.338 e. The average Bonchev–Trinajstić information content (AvgIpc) is 2.46. The first-order chi connectivity index (χ1) is 9.54. The van der Waals surface area contributed by atoms with E-state index in [1.165, 1.54) is 6.07 Å². The van der Waals surface area contributed by atoms with E-state index in [0.717, 1.165) is 18.2 Å². The molecule has 0 aromatic heterocycles. The number of nitro benzene ring substituents is 1. The molecule has 1 amide bonds. The SMILES string of the molecule is Cc1cccc([N+](=O)[O-])c1C(=O)N1CCC(CBr)CC1. The molecule has 0 unspecified atom stereocenters. The lowest BCUT2D eigenvalue weighted by Gasteiger charge is -2.31. The zero-order chi connectivity index (χ0) is 14.7. The van der Waals surface area contributed by atoms with Gasteiger partial charge in [-0.05, 0) is 31.2 Å². The number of rotatable bonds is 3. The van der Waals surface area contributed by atoms with Crippen molar-refractivity contribution >= 4 is 27.5 Å². The van der Waals surface area contributed by atoms with Crippen LogP contribution in [0.25, 0.3) is 0 Å². The molecule has 0 spiro atoms. The minimum atomic E-state index is -0.481. The maximum atomic E-state index is 12.6. The van der Waals surface area contributed by atoms with E-state index in [1.54, 1.807) is 24.0 Å². The molecule has 0 atom stereocenters. The summed E-state index contributed by atoms with van der Waals surface area (Å²) >= 11 is 3.46. The average molecular weight is 341 g/mol. The number of hydrogen-bond acceptors (Lipinski definition) is 3. The molecule has 1 aromatic rings. The standard InChI is InChI=1S/C14H17BrN2O3/c1-10-3-2-4-12(17(19)20)13(10)14(18)16-7-5-11(9-15)6-8-16/h2-4,11H,5-9H2,1H3. The molecular formula is C14H17BrN2O3. The van der Waals surface area contributed by atoms with Crippen molar-refractivity contribution in [2.75, 3.05) is 18.4 Å². The Morgan fingerprint density at radius 2 is 2.10 bits per heavy atom. The number of halogens is 1. The van der Waals surface area contributed by atoms with E-state index in [4.69, 9.17) is 0 Å². The van der Waals surface area contributed by atoms with Gasteiger partial charge in [-0.2, -0.15) is 0 Å². The maximum Gasteiger partial charge on any atom is 0.282 e. The highest BCUT2D eigenvalue weighted by molar-refractivity contribution is 9.09. The van der Waals surface area contributed by atoms with Crippen LogP contribution >= 0.6 is 15.9 Å². The first-order valence-electron chi connectivity index (χ1n) is 6.63. The number of carbonyl (C=O) groups is 1. The normalized spacial score (nSPS) is 16.2. The number of carbonyl (C=O) groups excluding carboxylic acids is 1. The van der Waals surface area contributed by atoms with Crippen molar-refractivity contribution in [2.45, 2.75) is 19.8 Å². The molecule has 5 nitrogen and oxygen atoms in total. The molecule has 0 saturated carbocycles. The molecule has 2 rings (SSSR count). The van der Waals surface area contributed by atoms with Crippen molar-refractivity contribution in [3.05, 3.63) is 39.4 Å². The fraction of sp³-hybridized carbons (Fsp3) is 0.500. The highest BCUT2D eigenvalue weighted by Gasteiger charge is 2.29. The monoisotopic (exact) mass is 340 g/mol. The van der Waals surface area contributed by atoms with Crippen molar-refractivity contribution in [3.63, 3.8) is 0 Å². The van der Waals surface area contributed by atoms with E-state index in [0.29, 0.717) is 24.6 Å². The fourth-order valence-corrected chi connectivity index (χ4v) is 3.18. The van der Waals surface area contributed by atoms with Crippen LogP contribution < -0.4 is 0 Å². The number of likely N-dealkylation sites (tertiary alicyclic amines) is 1. The number of alkyl halides is 1. The Morgan fingerprint density at radius 3 is 2.65 bits per heavy atom. The quantitative estimate of drug-likeness (QED) is 0.482. The van der Waals surface area contributed by atoms with E-state index in [9.17, 15) is 14.9 Å². The third-order valence-electron chi connectivity index (χ3n) is 3.78. The molecule has 6 heteroatoms. The number of nitrogens with zero attached hydrogens (tertiary/aromatic N) is 2. The minimum Gasteiger partial charge on any atom is -0.338 e. The van der Waals surface area contributed by atoms with Crippen LogP contribution in [-0.4, -0.2) is 34.2 Å². The fourth-order valence-electron chi connectivity index (χ4n) is 2.53. The molecular weight excluding hydrogens is 324 g/mol. The van der Waals surface area contributed by atoms with Gasteiger partial charge in [-0.25, -0.2) is 0 Å². The number of piperidine rings is 1. The lowest BCUT2D eigenvalue weighted by molar-refractivity contribution is -0.385. The molecule has 0 radical (unpaired) electrons. The van der Waals surface area contributed by atoms with Crippen molar-refractivity contribution in [2.24, 2.45) is 5.92 Å². The molecule has 1 fully saturated rings. The van der Waals surface area contributed by atoms with Gasteiger partial charge in [-0.3, -0.25) is 14.9 Å². The van der Waals surface area contributed by atoms with Crippen LogP contribution in [0, 0.1) is 23.0 Å². The summed E-state index contributed by atoms with van der Waals surface area (Å²) in [5, 5.41) is 12.0. The van der Waals surface area contributed by atoms with E-state index in [-0.39, 0.29) is 17.2 Å². The first kappa shape index (κ1) is 15.0. The Balaban J connectivity index is 2.24. The van der Waals surface area contributed by atoms with Crippen LogP contribution in [0.1, 0.15) is 28.8 Å². The summed E-state index contributed by atoms with van der Waals surface area (Å²) in [6, 6.07) is 4.75. The molecule has 108 valence electrons. The van der Waals surface area contributed by atoms with E-state index in [2.05, 4.69) is 15.9 Å². The lowest BCUT2D eigenvalue weighted by atomic mass is 9.97. The predicted octanol–water partition coefficient (Wildman–Crippen LogP) is 3.15. The number of amides is 1. The Bertz CT molecular complexity index is 525. The van der Waals surface area contributed by atoms with E-state index >= 15 is 0 Å². The molecule has 0 bridgehead atoms. The van der Waals surface area contributed by atoms with Gasteiger partial charge in [0, 0.05) is 24.5 Å². The maximum absolute atomic E-state index is 12.6. The van der Waals surface area contributed by atoms with Gasteiger partial charge in [-0.1, -0.05) is 28.1 Å². The number of nitro groups is 1. The van der Waals surface area contributed by atoms with Gasteiger partial charge < -0.3 is 4.90 Å². The Hall–Kier alpha value is -1.43. The van der Waals surface area contributed by atoms with Gasteiger partial charge >= 0.3 is 0 Å². The molecule has 1 aromatic carbocycles. The van der Waals surface area contributed by atoms with Crippen LogP contribution in [0.5, 0.6) is 0 Å². The van der Waals surface area contributed by atoms with Crippen molar-refractivity contribution < 1.29 is 9.72 Å². The Morgan fingerprint density at radius 1 is 1.45 bits per heavy atom. The van der Waals surface area contributed by atoms with Crippen LogP contribution in [0.3, 0.4) is 0 Å². The summed E-state index contributed by atoms with van der Waals surface area (Å²) in [6.45, 7) is 3.08. The van der Waals surface area contributed by atoms with Crippen molar-refractivity contribution in [1.82, 2.24) is 4.90 Å². The second kappa shape index (κ2) is 6.35. The number of hydrogen-bond donors (Lipinski definition) is 0. The molecule has 1 aliphatic heterocycles. The number of benzene rings is 1. The third-order valence-corrected chi connectivity index (χ3v) is 4.70. The second-order valence-corrected chi connectivity index (χ2v) is 5.76. The second-order valence-electron chi connectivity index (χ2n) is 5.12. The van der Waals surface area contributed by atoms with Crippen LogP contribution in [-0.2, 0) is 0 Å². The topological polar surface area (TPSA) is 63.5 Å². The molecule has 0 N–H and O–H groups in total. The van der Waals surface area contributed by atoms with Crippen LogP contribution in [0.15, 0.2) is 18.2 Å². The summed E-state index contributed by atoms with van der Waals surface area (Å²) in [5.74, 6) is 0.369. The van der Waals surface area contributed by atoms with Crippen LogP contribution in [0.4, 0.5) is 5.69 Å². The summed E-state index contributed by atoms with van der Waals surface area (Å²) in [5.41, 5.74) is 0.791. The smallest absolute Gasteiger partial charge is 0.282 e. The van der Waals surface area contributed by atoms with Gasteiger partial charge in [0.05, 0.1) is 4.92 Å². The molecule has 1 saturated heterocycles. The third kappa shape index (κ3) is 3.00. The Kier molecular flexibility index (Phi) is 4.75. The van der Waals surface area contributed by atoms with Gasteiger partial charge in [0.25, 0.3) is 11.6 Å². The van der Waals surface area contributed by atoms with Gasteiger partial charge in [0.15, 0.2) is 0 Å². The van der Waals surface area contributed by atoms with Gasteiger partial charge in [0.1, 0.15) is 5.56 Å². The number of aryl methyl sites for hydroxylation is 1. The minimum absolute atomic E-state index is 0.0994. The van der Waals surface area contributed by atoms with Crippen LogP contribution in [0.2, 0.25) is 0 Å². The van der Waals surface area contributed by atoms with E-state index < -0.39 is 4.92 Å². The molecule has 1 aliphatic rings.